The molecular weight excluding hydrogens is 462 g/mol. The number of amides is 1. The molecule has 3 N–H and O–H groups in total. The van der Waals surface area contributed by atoms with Gasteiger partial charge in [-0.25, -0.2) is 4.98 Å². The molecule has 0 spiro atoms. The number of fused-ring (bicyclic) bond motifs is 1. The largest absolute Gasteiger partial charge is 0.392 e. The Labute approximate surface area is 218 Å². The SMILES string of the molecule is CN[C@H]1CCN(c2ccc(-c3cnc4[nH]cc(-c5ccc(C(=O)N(C)C[C@H](C)O)cc5)c4c3)cc2C)C1. The lowest BCUT2D eigenvalue weighted by molar-refractivity contribution is 0.0703. The average molecular weight is 498 g/mol. The fourth-order valence-electron chi connectivity index (χ4n) is 5.30. The van der Waals surface area contributed by atoms with Crippen LogP contribution in [0.15, 0.2) is 60.9 Å². The summed E-state index contributed by atoms with van der Waals surface area (Å²) >= 11 is 0. The molecule has 1 aliphatic heterocycles. The number of rotatable bonds is 7. The molecule has 7 heteroatoms. The second kappa shape index (κ2) is 10.4. The summed E-state index contributed by atoms with van der Waals surface area (Å²) in [5.41, 5.74) is 8.28. The van der Waals surface area contributed by atoms with E-state index in [1.54, 1.807) is 14.0 Å². The van der Waals surface area contributed by atoms with Crippen LogP contribution in [0.5, 0.6) is 0 Å². The zero-order chi connectivity index (χ0) is 26.1. The molecular formula is C30H35N5O2. The van der Waals surface area contributed by atoms with Crippen molar-refractivity contribution >= 4 is 22.6 Å². The highest BCUT2D eigenvalue weighted by Gasteiger charge is 2.22. The Morgan fingerprint density at radius 3 is 2.62 bits per heavy atom. The lowest BCUT2D eigenvalue weighted by Crippen LogP contribution is -2.32. The molecule has 2 aromatic heterocycles. The molecule has 0 unspecified atom stereocenters. The lowest BCUT2D eigenvalue weighted by atomic mass is 9.99. The van der Waals surface area contributed by atoms with E-state index in [9.17, 15) is 9.90 Å². The number of H-pyrrole nitrogens is 1. The molecule has 1 fully saturated rings. The number of aliphatic hydroxyl groups excluding tert-OH is 1. The average Bonchev–Trinajstić information content (AvgIpc) is 3.55. The number of benzene rings is 2. The van der Waals surface area contributed by atoms with Crippen molar-refractivity contribution in [2.24, 2.45) is 0 Å². The van der Waals surface area contributed by atoms with Gasteiger partial charge < -0.3 is 25.2 Å². The number of aromatic nitrogens is 2. The molecule has 0 radical (unpaired) electrons. The molecule has 192 valence electrons. The Kier molecular flexibility index (Phi) is 7.00. The summed E-state index contributed by atoms with van der Waals surface area (Å²) in [7, 11) is 3.74. The maximum Gasteiger partial charge on any atom is 0.253 e. The molecule has 37 heavy (non-hydrogen) atoms. The van der Waals surface area contributed by atoms with Gasteiger partial charge in [0, 0.05) is 72.9 Å². The molecule has 1 saturated heterocycles. The highest BCUT2D eigenvalue weighted by atomic mass is 16.3. The molecule has 2 atom stereocenters. The number of carbonyl (C=O) groups excluding carboxylic acids is 1. The van der Waals surface area contributed by atoms with Crippen LogP contribution in [0.4, 0.5) is 5.69 Å². The van der Waals surface area contributed by atoms with Gasteiger partial charge in [0.1, 0.15) is 5.65 Å². The number of pyridine rings is 1. The van der Waals surface area contributed by atoms with Crippen molar-refractivity contribution in [1.29, 1.82) is 0 Å². The van der Waals surface area contributed by atoms with Gasteiger partial charge in [-0.15, -0.1) is 0 Å². The van der Waals surface area contributed by atoms with Gasteiger partial charge in [-0.3, -0.25) is 4.79 Å². The van der Waals surface area contributed by atoms with Crippen molar-refractivity contribution in [3.63, 3.8) is 0 Å². The second-order valence-corrected chi connectivity index (χ2v) is 10.2. The third-order valence-corrected chi connectivity index (χ3v) is 7.33. The maximum atomic E-state index is 12.7. The Balaban J connectivity index is 1.40. The topological polar surface area (TPSA) is 84.5 Å². The fraction of sp³-hybridized carbons (Fsp3) is 0.333. The minimum atomic E-state index is -0.563. The van der Waals surface area contributed by atoms with Gasteiger partial charge in [-0.1, -0.05) is 18.2 Å². The normalized spacial score (nSPS) is 16.4. The zero-order valence-electron chi connectivity index (χ0n) is 22.0. The summed E-state index contributed by atoms with van der Waals surface area (Å²) in [5.74, 6) is -0.107. The first-order chi connectivity index (χ1) is 17.8. The van der Waals surface area contributed by atoms with Gasteiger partial charge in [-0.05, 0) is 74.3 Å². The number of likely N-dealkylation sites (N-methyl/N-ethyl adjacent to an activating group) is 2. The first kappa shape index (κ1) is 25.0. The van der Waals surface area contributed by atoms with Crippen LogP contribution in [0, 0.1) is 6.92 Å². The molecule has 5 rings (SSSR count). The van der Waals surface area contributed by atoms with Crippen LogP contribution >= 0.6 is 0 Å². The van der Waals surface area contributed by atoms with E-state index in [1.165, 1.54) is 22.6 Å². The summed E-state index contributed by atoms with van der Waals surface area (Å²) in [6.45, 7) is 6.27. The monoisotopic (exact) mass is 497 g/mol. The van der Waals surface area contributed by atoms with Crippen LogP contribution in [0.3, 0.4) is 0 Å². The van der Waals surface area contributed by atoms with Crippen LogP contribution in [-0.4, -0.2) is 71.8 Å². The second-order valence-electron chi connectivity index (χ2n) is 10.2. The first-order valence-electron chi connectivity index (χ1n) is 12.9. The van der Waals surface area contributed by atoms with Crippen molar-refractivity contribution in [2.45, 2.75) is 32.4 Å². The summed E-state index contributed by atoms with van der Waals surface area (Å²) in [6.07, 6.45) is 4.50. The summed E-state index contributed by atoms with van der Waals surface area (Å²) < 4.78 is 0. The van der Waals surface area contributed by atoms with Gasteiger partial charge in [-0.2, -0.15) is 0 Å². The molecule has 0 saturated carbocycles. The lowest BCUT2D eigenvalue weighted by Gasteiger charge is -2.21. The van der Waals surface area contributed by atoms with E-state index in [1.807, 2.05) is 43.7 Å². The Bertz CT molecular complexity index is 1410. The van der Waals surface area contributed by atoms with Crippen molar-refractivity contribution in [3.8, 4) is 22.3 Å². The number of nitrogens with zero attached hydrogens (tertiary/aromatic N) is 3. The molecule has 4 aromatic rings. The molecule has 1 aliphatic rings. The van der Waals surface area contributed by atoms with E-state index >= 15 is 0 Å². The molecule has 7 nitrogen and oxygen atoms in total. The van der Waals surface area contributed by atoms with Gasteiger partial charge in [0.15, 0.2) is 0 Å². The van der Waals surface area contributed by atoms with Crippen LogP contribution in [0.2, 0.25) is 0 Å². The van der Waals surface area contributed by atoms with Crippen LogP contribution in [0.1, 0.15) is 29.3 Å². The quantitative estimate of drug-likeness (QED) is 0.351. The zero-order valence-corrected chi connectivity index (χ0v) is 22.0. The minimum Gasteiger partial charge on any atom is -0.392 e. The number of anilines is 1. The van der Waals surface area contributed by atoms with E-state index in [0.717, 1.165) is 46.4 Å². The first-order valence-corrected chi connectivity index (χ1v) is 12.9. The molecule has 0 bridgehead atoms. The number of nitrogens with one attached hydrogen (secondary N) is 2. The predicted octanol–water partition coefficient (Wildman–Crippen LogP) is 4.46. The van der Waals surface area contributed by atoms with Gasteiger partial charge in [0.2, 0.25) is 0 Å². The number of aryl methyl sites for hydroxylation is 1. The van der Waals surface area contributed by atoms with Crippen molar-refractivity contribution in [3.05, 3.63) is 72.1 Å². The third-order valence-electron chi connectivity index (χ3n) is 7.33. The van der Waals surface area contributed by atoms with Crippen LogP contribution in [0.25, 0.3) is 33.3 Å². The Morgan fingerprint density at radius 1 is 1.19 bits per heavy atom. The smallest absolute Gasteiger partial charge is 0.253 e. The Hall–Kier alpha value is -3.68. The number of aliphatic hydroxyl groups is 1. The number of hydrogen-bond acceptors (Lipinski definition) is 5. The van der Waals surface area contributed by atoms with Crippen molar-refractivity contribution < 1.29 is 9.90 Å². The number of aromatic amines is 1. The summed E-state index contributed by atoms with van der Waals surface area (Å²) in [6, 6.07) is 17.0. The predicted molar refractivity (Wildman–Crippen MR) is 150 cm³/mol. The van der Waals surface area contributed by atoms with E-state index in [4.69, 9.17) is 4.98 Å². The maximum absolute atomic E-state index is 12.7. The number of carbonyl (C=O) groups is 1. The van der Waals surface area contributed by atoms with E-state index in [2.05, 4.69) is 46.4 Å². The Morgan fingerprint density at radius 2 is 1.95 bits per heavy atom. The van der Waals surface area contributed by atoms with Gasteiger partial charge in [0.05, 0.1) is 6.10 Å². The fourth-order valence-corrected chi connectivity index (χ4v) is 5.30. The van der Waals surface area contributed by atoms with Crippen LogP contribution < -0.4 is 10.2 Å². The third kappa shape index (κ3) is 5.10. The molecule has 0 aliphatic carbocycles. The van der Waals surface area contributed by atoms with Crippen molar-refractivity contribution in [1.82, 2.24) is 20.2 Å². The number of hydrogen-bond donors (Lipinski definition) is 3. The standard InChI is InChI=1S/C30H35N5O2/c1-19-13-23(9-10-28(19)35-12-11-25(18-35)31-3)24-14-26-27(16-33-29(26)32-15-24)21-5-7-22(8-6-21)30(37)34(4)17-20(2)36/h5-10,13-16,20,25,31,36H,11-12,17-18H2,1-4H3,(H,32,33)/t20-,25-/m0/s1. The molecule has 3 heterocycles. The minimum absolute atomic E-state index is 0.107. The van der Waals surface area contributed by atoms with Gasteiger partial charge >= 0.3 is 0 Å². The highest BCUT2D eigenvalue weighted by Crippen LogP contribution is 2.33. The van der Waals surface area contributed by atoms with E-state index in [-0.39, 0.29) is 5.91 Å². The van der Waals surface area contributed by atoms with E-state index < -0.39 is 6.10 Å². The summed E-state index contributed by atoms with van der Waals surface area (Å²) in [5, 5.41) is 14.0. The van der Waals surface area contributed by atoms with Gasteiger partial charge in [0.25, 0.3) is 5.91 Å². The van der Waals surface area contributed by atoms with Crippen molar-refractivity contribution in [2.75, 3.05) is 38.6 Å². The summed E-state index contributed by atoms with van der Waals surface area (Å²) in [4.78, 5) is 24.6. The molecule has 2 aromatic carbocycles. The van der Waals surface area contributed by atoms with Crippen LogP contribution in [-0.2, 0) is 0 Å². The molecule has 1 amide bonds. The highest BCUT2D eigenvalue weighted by molar-refractivity contribution is 5.98. The van der Waals surface area contributed by atoms with E-state index in [0.29, 0.717) is 18.2 Å².